The largest absolute Gasteiger partial charge is 0.481 e. The molecular formula is C12H12O3. The van der Waals surface area contributed by atoms with Gasteiger partial charge in [-0.15, -0.1) is 0 Å². The second kappa shape index (κ2) is 3.19. The molecule has 1 aliphatic carbocycles. The Morgan fingerprint density at radius 3 is 2.73 bits per heavy atom. The Hall–Kier alpha value is -1.64. The first-order valence-electron chi connectivity index (χ1n) is 4.92. The van der Waals surface area contributed by atoms with Crippen molar-refractivity contribution in [2.24, 2.45) is 0 Å². The van der Waals surface area contributed by atoms with Crippen LogP contribution in [0.5, 0.6) is 0 Å². The van der Waals surface area contributed by atoms with Crippen LogP contribution in [0.25, 0.3) is 0 Å². The average Bonchev–Trinajstić information content (AvgIpc) is 2.24. The molecule has 0 bridgehead atoms. The first-order valence-corrected chi connectivity index (χ1v) is 4.92. The van der Waals surface area contributed by atoms with Crippen molar-refractivity contribution in [3.63, 3.8) is 0 Å². The Labute approximate surface area is 87.7 Å². The Bertz CT molecular complexity index is 436. The van der Waals surface area contributed by atoms with E-state index in [9.17, 15) is 14.7 Å². The lowest BCUT2D eigenvalue weighted by molar-refractivity contribution is -0.143. The average molecular weight is 204 g/mol. The van der Waals surface area contributed by atoms with Gasteiger partial charge >= 0.3 is 5.97 Å². The van der Waals surface area contributed by atoms with Gasteiger partial charge in [-0.2, -0.15) is 0 Å². The van der Waals surface area contributed by atoms with Gasteiger partial charge in [-0.3, -0.25) is 9.59 Å². The summed E-state index contributed by atoms with van der Waals surface area (Å²) >= 11 is 0. The van der Waals surface area contributed by atoms with Crippen molar-refractivity contribution in [3.8, 4) is 0 Å². The predicted octanol–water partition coefficient (Wildman–Crippen LogP) is 2.01. The normalized spacial score (nSPS) is 24.7. The van der Waals surface area contributed by atoms with Gasteiger partial charge in [-0.1, -0.05) is 24.3 Å². The van der Waals surface area contributed by atoms with Crippen molar-refractivity contribution in [3.05, 3.63) is 35.4 Å². The molecule has 1 unspecified atom stereocenters. The van der Waals surface area contributed by atoms with Crippen LogP contribution in [0.4, 0.5) is 0 Å². The summed E-state index contributed by atoms with van der Waals surface area (Å²) < 4.78 is 0. The van der Waals surface area contributed by atoms with Gasteiger partial charge in [0.2, 0.25) is 0 Å². The maximum Gasteiger partial charge on any atom is 0.313 e. The van der Waals surface area contributed by atoms with Crippen molar-refractivity contribution in [1.82, 2.24) is 0 Å². The van der Waals surface area contributed by atoms with Crippen molar-refractivity contribution in [2.75, 3.05) is 0 Å². The van der Waals surface area contributed by atoms with Crippen LogP contribution in [0.3, 0.4) is 0 Å². The van der Waals surface area contributed by atoms with Gasteiger partial charge in [-0.25, -0.2) is 0 Å². The van der Waals surface area contributed by atoms with Crippen LogP contribution in [0.15, 0.2) is 24.3 Å². The molecule has 0 fully saturated rings. The quantitative estimate of drug-likeness (QED) is 0.761. The zero-order valence-corrected chi connectivity index (χ0v) is 8.49. The molecule has 0 spiro atoms. The maximum atomic E-state index is 11.6. The molecule has 0 saturated carbocycles. The number of carboxylic acid groups (broad SMARTS) is 1. The molecule has 0 aliphatic heterocycles. The van der Waals surface area contributed by atoms with Gasteiger partial charge < -0.3 is 5.11 Å². The number of fused-ring (bicyclic) bond motifs is 1. The van der Waals surface area contributed by atoms with E-state index in [0.717, 1.165) is 0 Å². The molecule has 15 heavy (non-hydrogen) atoms. The van der Waals surface area contributed by atoms with E-state index in [-0.39, 0.29) is 5.78 Å². The summed E-state index contributed by atoms with van der Waals surface area (Å²) in [4.78, 5) is 22.8. The minimum absolute atomic E-state index is 0.0457. The Morgan fingerprint density at radius 1 is 1.40 bits per heavy atom. The number of carbonyl (C=O) groups excluding carboxylic acids is 1. The van der Waals surface area contributed by atoms with Crippen molar-refractivity contribution in [2.45, 2.75) is 25.2 Å². The molecule has 0 aromatic heterocycles. The third kappa shape index (κ3) is 1.35. The number of hydrogen-bond acceptors (Lipinski definition) is 2. The number of hydrogen-bond donors (Lipinski definition) is 1. The monoisotopic (exact) mass is 204 g/mol. The molecule has 1 aliphatic rings. The fraction of sp³-hybridized carbons (Fsp3) is 0.333. The van der Waals surface area contributed by atoms with Crippen LogP contribution < -0.4 is 0 Å². The van der Waals surface area contributed by atoms with Gasteiger partial charge in [0.15, 0.2) is 5.78 Å². The highest BCUT2D eigenvalue weighted by molar-refractivity contribution is 6.02. The number of ketones is 1. The van der Waals surface area contributed by atoms with E-state index < -0.39 is 11.4 Å². The molecule has 3 heteroatoms. The Balaban J connectivity index is 2.63. The summed E-state index contributed by atoms with van der Waals surface area (Å²) in [6.07, 6.45) is 0.706. The predicted molar refractivity (Wildman–Crippen MR) is 55.0 cm³/mol. The first-order chi connectivity index (χ1) is 7.05. The summed E-state index contributed by atoms with van der Waals surface area (Å²) in [5.41, 5.74) is 0.298. The molecular weight excluding hydrogens is 192 g/mol. The van der Waals surface area contributed by atoms with E-state index in [2.05, 4.69) is 0 Å². The second-order valence-electron chi connectivity index (χ2n) is 4.11. The van der Waals surface area contributed by atoms with Crippen molar-refractivity contribution >= 4 is 11.8 Å². The molecule has 3 nitrogen and oxygen atoms in total. The topological polar surface area (TPSA) is 54.4 Å². The van der Waals surface area contributed by atoms with E-state index in [0.29, 0.717) is 24.0 Å². The number of benzene rings is 1. The highest BCUT2D eigenvalue weighted by Crippen LogP contribution is 2.37. The molecule has 0 amide bonds. The zero-order valence-electron chi connectivity index (χ0n) is 8.49. The first kappa shape index (κ1) is 9.90. The molecule has 1 aromatic carbocycles. The summed E-state index contributed by atoms with van der Waals surface area (Å²) in [6.45, 7) is 1.68. The maximum absolute atomic E-state index is 11.6. The molecule has 0 saturated heterocycles. The lowest BCUT2D eigenvalue weighted by atomic mass is 9.71. The van der Waals surface area contributed by atoms with Crippen LogP contribution in [-0.2, 0) is 10.2 Å². The summed E-state index contributed by atoms with van der Waals surface area (Å²) in [6, 6.07) is 6.99. The minimum atomic E-state index is -0.912. The van der Waals surface area contributed by atoms with E-state index in [4.69, 9.17) is 0 Å². The fourth-order valence-corrected chi connectivity index (χ4v) is 2.06. The zero-order chi connectivity index (χ0) is 11.1. The van der Waals surface area contributed by atoms with Gasteiger partial charge in [0.1, 0.15) is 0 Å². The van der Waals surface area contributed by atoms with E-state index in [1.807, 2.05) is 0 Å². The van der Waals surface area contributed by atoms with Crippen LogP contribution >= 0.6 is 0 Å². The van der Waals surface area contributed by atoms with Gasteiger partial charge in [0, 0.05) is 12.0 Å². The number of rotatable bonds is 1. The number of aliphatic carboxylic acids is 1. The minimum Gasteiger partial charge on any atom is -0.481 e. The molecule has 0 heterocycles. The molecule has 1 N–H and O–H groups in total. The van der Waals surface area contributed by atoms with Crippen LogP contribution in [0, 0.1) is 0 Å². The third-order valence-corrected chi connectivity index (χ3v) is 3.15. The molecule has 1 atom stereocenters. The van der Waals surface area contributed by atoms with Crippen LogP contribution in [-0.4, -0.2) is 16.9 Å². The Kier molecular flexibility index (Phi) is 2.11. The fourth-order valence-electron chi connectivity index (χ4n) is 2.06. The number of Topliss-reactive ketones (excluding diaryl/α,β-unsaturated/α-hetero) is 1. The number of carboxylic acids is 1. The lowest BCUT2D eigenvalue weighted by Crippen LogP contribution is -2.37. The summed E-state index contributed by atoms with van der Waals surface area (Å²) in [5, 5.41) is 9.22. The molecule has 2 rings (SSSR count). The van der Waals surface area contributed by atoms with Gasteiger partial charge in [0.25, 0.3) is 0 Å². The van der Waals surface area contributed by atoms with Crippen molar-refractivity contribution in [1.29, 1.82) is 0 Å². The van der Waals surface area contributed by atoms with E-state index in [1.165, 1.54) is 0 Å². The Morgan fingerprint density at radius 2 is 2.07 bits per heavy atom. The standard InChI is InChI=1S/C12H12O3/c1-12(11(14)15)7-6-10(13)8-4-2-3-5-9(8)12/h2-5H,6-7H2,1H3,(H,14,15). The lowest BCUT2D eigenvalue weighted by Gasteiger charge is -2.31. The SMILES string of the molecule is CC1(C(=O)O)CCC(=O)c2ccccc21. The van der Waals surface area contributed by atoms with Crippen molar-refractivity contribution < 1.29 is 14.7 Å². The number of carbonyl (C=O) groups is 2. The van der Waals surface area contributed by atoms with Gasteiger partial charge in [-0.05, 0) is 18.9 Å². The highest BCUT2D eigenvalue weighted by Gasteiger charge is 2.41. The smallest absolute Gasteiger partial charge is 0.313 e. The third-order valence-electron chi connectivity index (χ3n) is 3.15. The molecule has 0 radical (unpaired) electrons. The summed E-state index contributed by atoms with van der Waals surface area (Å²) in [5.74, 6) is -0.813. The highest BCUT2D eigenvalue weighted by atomic mass is 16.4. The van der Waals surface area contributed by atoms with E-state index in [1.54, 1.807) is 31.2 Å². The van der Waals surface area contributed by atoms with Crippen LogP contribution in [0.2, 0.25) is 0 Å². The molecule has 78 valence electrons. The second-order valence-corrected chi connectivity index (χ2v) is 4.11. The van der Waals surface area contributed by atoms with Gasteiger partial charge in [0.05, 0.1) is 5.41 Å². The van der Waals surface area contributed by atoms with E-state index >= 15 is 0 Å². The molecule has 1 aromatic rings. The van der Waals surface area contributed by atoms with Crippen LogP contribution in [0.1, 0.15) is 35.7 Å². The summed E-state index contributed by atoms with van der Waals surface area (Å²) in [7, 11) is 0.